The first kappa shape index (κ1) is 17.5. The summed E-state index contributed by atoms with van der Waals surface area (Å²) in [6.45, 7) is 11.8. The lowest BCUT2D eigenvalue weighted by atomic mass is 9.57. The average molecular weight is 322 g/mol. The van der Waals surface area contributed by atoms with Crippen molar-refractivity contribution in [2.24, 2.45) is 27.6 Å². The van der Waals surface area contributed by atoms with Crippen LogP contribution in [-0.2, 0) is 0 Å². The maximum absolute atomic E-state index is 5.45. The molecule has 0 radical (unpaired) electrons. The number of rotatable bonds is 3. The van der Waals surface area contributed by atoms with Gasteiger partial charge in [-0.15, -0.1) is 0 Å². The first-order valence-corrected chi connectivity index (χ1v) is 8.82. The van der Waals surface area contributed by atoms with Gasteiger partial charge in [-0.25, -0.2) is 0 Å². The van der Waals surface area contributed by atoms with E-state index in [1.807, 2.05) is 0 Å². The Kier molecular flexibility index (Phi) is 5.00. The Morgan fingerprint density at radius 1 is 1.36 bits per heavy atom. The number of nitrogens with two attached hydrogens (primary N) is 1. The van der Waals surface area contributed by atoms with E-state index in [1.165, 1.54) is 32.1 Å². The first-order chi connectivity index (χ1) is 10.1. The molecule has 0 aliphatic heterocycles. The molecule has 0 heterocycles. The number of nitrogens with zero attached hydrogens (tertiary/aromatic N) is 1. The topological polar surface area (TPSA) is 50.4 Å². The summed E-state index contributed by atoms with van der Waals surface area (Å²) < 4.78 is 0. The van der Waals surface area contributed by atoms with Gasteiger partial charge < -0.3 is 5.73 Å². The van der Waals surface area contributed by atoms with Crippen molar-refractivity contribution in [3.8, 4) is 0 Å². The largest absolute Gasteiger partial charge is 0.375 e. The molecule has 0 aromatic heterocycles. The fraction of sp³-hybridized carbons (Fsp3) is 0.778. The third kappa shape index (κ3) is 3.89. The second-order valence-electron chi connectivity index (χ2n) is 8.41. The van der Waals surface area contributed by atoms with Crippen LogP contribution in [0.3, 0.4) is 0 Å². The van der Waals surface area contributed by atoms with Crippen molar-refractivity contribution in [3.63, 3.8) is 0 Å². The van der Waals surface area contributed by atoms with Crippen molar-refractivity contribution in [2.45, 2.75) is 73.1 Å². The van der Waals surface area contributed by atoms with Crippen LogP contribution in [0.1, 0.15) is 73.1 Å². The third-order valence-corrected chi connectivity index (χ3v) is 5.74. The van der Waals surface area contributed by atoms with E-state index in [9.17, 15) is 0 Å². The summed E-state index contributed by atoms with van der Waals surface area (Å²) in [5.74, 6) is 0.650. The predicted octanol–water partition coefficient (Wildman–Crippen LogP) is 4.53. The van der Waals surface area contributed by atoms with Crippen molar-refractivity contribution in [3.05, 3.63) is 11.1 Å². The SMILES string of the molecule is C/C(C[C@@H]1CC2=C(CC1(C)C)C(C)(C)CCC2)=N\NC(N)=S. The van der Waals surface area contributed by atoms with Gasteiger partial charge in [0.05, 0.1) is 0 Å². The molecule has 0 saturated heterocycles. The van der Waals surface area contributed by atoms with Crippen LogP contribution in [0.4, 0.5) is 0 Å². The summed E-state index contributed by atoms with van der Waals surface area (Å²) >= 11 is 4.82. The Morgan fingerprint density at radius 3 is 2.68 bits per heavy atom. The number of hydrazone groups is 1. The Balaban J connectivity index is 2.16. The predicted molar refractivity (Wildman–Crippen MR) is 98.8 cm³/mol. The zero-order valence-electron chi connectivity index (χ0n) is 14.8. The van der Waals surface area contributed by atoms with Gasteiger partial charge in [-0.3, -0.25) is 5.43 Å². The van der Waals surface area contributed by atoms with Crippen molar-refractivity contribution < 1.29 is 0 Å². The molecule has 0 aromatic carbocycles. The molecule has 22 heavy (non-hydrogen) atoms. The van der Waals surface area contributed by atoms with Crippen LogP contribution in [0, 0.1) is 16.7 Å². The molecule has 0 saturated carbocycles. The van der Waals surface area contributed by atoms with Crippen LogP contribution in [0.15, 0.2) is 16.2 Å². The summed E-state index contributed by atoms with van der Waals surface area (Å²) in [5, 5.41) is 4.54. The van der Waals surface area contributed by atoms with Gasteiger partial charge in [-0.05, 0) is 74.4 Å². The van der Waals surface area contributed by atoms with Crippen molar-refractivity contribution in [1.29, 1.82) is 0 Å². The van der Waals surface area contributed by atoms with Gasteiger partial charge in [-0.2, -0.15) is 5.10 Å². The lowest BCUT2D eigenvalue weighted by molar-refractivity contribution is 0.166. The van der Waals surface area contributed by atoms with Gasteiger partial charge in [0, 0.05) is 5.71 Å². The minimum Gasteiger partial charge on any atom is -0.375 e. The first-order valence-electron chi connectivity index (χ1n) is 8.42. The van der Waals surface area contributed by atoms with Crippen molar-refractivity contribution in [2.75, 3.05) is 0 Å². The fourth-order valence-electron chi connectivity index (χ4n) is 4.19. The van der Waals surface area contributed by atoms with Crippen LogP contribution >= 0.6 is 12.2 Å². The van der Waals surface area contributed by atoms with E-state index in [-0.39, 0.29) is 5.11 Å². The monoisotopic (exact) mass is 321 g/mol. The Labute approximate surface area is 140 Å². The molecule has 4 heteroatoms. The van der Waals surface area contributed by atoms with Crippen molar-refractivity contribution >= 4 is 23.0 Å². The van der Waals surface area contributed by atoms with Gasteiger partial charge in [0.1, 0.15) is 0 Å². The molecule has 1 atom stereocenters. The van der Waals surface area contributed by atoms with Crippen LogP contribution in [0.5, 0.6) is 0 Å². The van der Waals surface area contributed by atoms with E-state index in [1.54, 1.807) is 11.1 Å². The van der Waals surface area contributed by atoms with Crippen LogP contribution in [0.25, 0.3) is 0 Å². The quantitative estimate of drug-likeness (QED) is 0.347. The minimum absolute atomic E-state index is 0.237. The normalized spacial score (nSPS) is 27.3. The van der Waals surface area contributed by atoms with E-state index in [0.717, 1.165) is 12.1 Å². The van der Waals surface area contributed by atoms with Gasteiger partial charge >= 0.3 is 0 Å². The molecule has 0 bridgehead atoms. The summed E-state index contributed by atoms with van der Waals surface area (Å²) in [4.78, 5) is 0. The maximum Gasteiger partial charge on any atom is 0.184 e. The molecule has 2 aliphatic carbocycles. The smallest absolute Gasteiger partial charge is 0.184 e. The van der Waals surface area contributed by atoms with Crippen LogP contribution < -0.4 is 11.2 Å². The highest BCUT2D eigenvalue weighted by atomic mass is 32.1. The summed E-state index contributed by atoms with van der Waals surface area (Å²) in [6.07, 6.45) is 7.45. The number of hydrogen-bond acceptors (Lipinski definition) is 2. The van der Waals surface area contributed by atoms with Gasteiger partial charge in [0.15, 0.2) is 5.11 Å². The summed E-state index contributed by atoms with van der Waals surface area (Å²) in [6, 6.07) is 0. The van der Waals surface area contributed by atoms with Crippen LogP contribution in [-0.4, -0.2) is 10.8 Å². The number of nitrogens with one attached hydrogen (secondary N) is 1. The summed E-state index contributed by atoms with van der Waals surface area (Å²) in [7, 11) is 0. The van der Waals surface area contributed by atoms with E-state index < -0.39 is 0 Å². The van der Waals surface area contributed by atoms with E-state index in [0.29, 0.717) is 16.7 Å². The third-order valence-electron chi connectivity index (χ3n) is 5.65. The molecule has 0 fully saturated rings. The highest BCUT2D eigenvalue weighted by Gasteiger charge is 2.41. The second kappa shape index (κ2) is 6.31. The molecule has 0 unspecified atom stereocenters. The van der Waals surface area contributed by atoms with Gasteiger partial charge in [0.2, 0.25) is 0 Å². The van der Waals surface area contributed by atoms with Crippen molar-refractivity contribution in [1.82, 2.24) is 5.43 Å². The minimum atomic E-state index is 0.237. The Morgan fingerprint density at radius 2 is 2.05 bits per heavy atom. The van der Waals surface area contributed by atoms with Gasteiger partial charge in [0.25, 0.3) is 0 Å². The lowest BCUT2D eigenvalue weighted by Crippen LogP contribution is -2.36. The number of hydrogen-bond donors (Lipinski definition) is 2. The molecule has 3 nitrogen and oxygen atoms in total. The molecule has 2 aliphatic rings. The molecule has 3 N–H and O–H groups in total. The number of allylic oxidation sites excluding steroid dienone is 2. The highest BCUT2D eigenvalue weighted by molar-refractivity contribution is 7.80. The highest BCUT2D eigenvalue weighted by Crippen LogP contribution is 2.54. The Hall–Kier alpha value is -0.900. The molecular weight excluding hydrogens is 290 g/mol. The summed E-state index contributed by atoms with van der Waals surface area (Å²) in [5.41, 5.74) is 13.5. The van der Waals surface area contributed by atoms with E-state index >= 15 is 0 Å². The van der Waals surface area contributed by atoms with E-state index in [2.05, 4.69) is 45.1 Å². The zero-order chi connectivity index (χ0) is 16.5. The average Bonchev–Trinajstić information content (AvgIpc) is 2.38. The maximum atomic E-state index is 5.45. The second-order valence-corrected chi connectivity index (χ2v) is 8.85. The van der Waals surface area contributed by atoms with Crippen LogP contribution in [0.2, 0.25) is 0 Å². The molecule has 124 valence electrons. The van der Waals surface area contributed by atoms with Gasteiger partial charge in [-0.1, -0.05) is 38.8 Å². The molecule has 0 amide bonds. The molecule has 0 spiro atoms. The molecular formula is C18H31N3S. The molecule has 0 aromatic rings. The Bertz CT molecular complexity index is 514. The standard InChI is InChI=1S/C18H31N3S/c1-12(20-21-16(19)22)9-14-10-13-7-6-8-17(2,3)15(13)11-18(14,4)5/h14H,6-11H2,1-5H3,(H3,19,21,22)/b20-12+/t14-/m1/s1. The fourth-order valence-corrected chi connectivity index (χ4v) is 4.23. The number of thiocarbonyl (C=S) groups is 1. The lowest BCUT2D eigenvalue weighted by Gasteiger charge is -2.47. The zero-order valence-corrected chi connectivity index (χ0v) is 15.6. The van der Waals surface area contributed by atoms with E-state index in [4.69, 9.17) is 18.0 Å². The molecule has 2 rings (SSSR count).